The van der Waals surface area contributed by atoms with Crippen molar-refractivity contribution in [2.24, 2.45) is 23.7 Å². The molecule has 5 saturated carbocycles. The fourth-order valence-corrected chi connectivity index (χ4v) is 7.98. The van der Waals surface area contributed by atoms with Crippen LogP contribution in [-0.2, 0) is 5.41 Å². The number of ether oxygens (including phenoxy) is 1. The van der Waals surface area contributed by atoms with Gasteiger partial charge >= 0.3 is 0 Å². The molecular formula is C28H43NO2. The second kappa shape index (κ2) is 9.43. The third-order valence-electron chi connectivity index (χ3n) is 9.10. The molecule has 3 heteroatoms. The summed E-state index contributed by atoms with van der Waals surface area (Å²) < 4.78 is 6.00. The molecule has 172 valence electrons. The van der Waals surface area contributed by atoms with Gasteiger partial charge in [0.1, 0.15) is 18.5 Å². The van der Waals surface area contributed by atoms with Crippen LogP contribution in [0.2, 0.25) is 0 Å². The highest BCUT2D eigenvalue weighted by Gasteiger charge is 2.51. The molecule has 1 aromatic rings. The van der Waals surface area contributed by atoms with Crippen LogP contribution >= 0.6 is 0 Å². The summed E-state index contributed by atoms with van der Waals surface area (Å²) in [5.74, 6) is 4.66. The lowest BCUT2D eigenvalue weighted by Crippen LogP contribution is -2.48. The van der Waals surface area contributed by atoms with Crippen molar-refractivity contribution >= 4 is 0 Å². The van der Waals surface area contributed by atoms with E-state index in [0.29, 0.717) is 12.0 Å². The molecule has 3 nitrogen and oxygen atoms in total. The number of benzene rings is 1. The van der Waals surface area contributed by atoms with Gasteiger partial charge in [-0.25, -0.2) is 0 Å². The van der Waals surface area contributed by atoms with Crippen LogP contribution in [0.4, 0.5) is 0 Å². The van der Waals surface area contributed by atoms with E-state index in [1.165, 1.54) is 70.6 Å². The van der Waals surface area contributed by atoms with Crippen LogP contribution in [0.15, 0.2) is 24.3 Å². The largest absolute Gasteiger partial charge is 0.491 e. The quantitative estimate of drug-likeness (QED) is 0.543. The van der Waals surface area contributed by atoms with E-state index >= 15 is 0 Å². The Morgan fingerprint density at radius 3 is 2.16 bits per heavy atom. The molecule has 31 heavy (non-hydrogen) atoms. The lowest BCUT2D eigenvalue weighted by molar-refractivity contribution is -0.00522. The van der Waals surface area contributed by atoms with E-state index in [4.69, 9.17) is 4.74 Å². The van der Waals surface area contributed by atoms with Crippen LogP contribution in [0.3, 0.4) is 0 Å². The molecule has 5 fully saturated rings. The molecule has 5 aliphatic carbocycles. The van der Waals surface area contributed by atoms with Gasteiger partial charge in [-0.2, -0.15) is 0 Å². The van der Waals surface area contributed by atoms with Gasteiger partial charge in [-0.05, 0) is 105 Å². The fraction of sp³-hybridized carbons (Fsp3) is 0.786. The van der Waals surface area contributed by atoms with Gasteiger partial charge < -0.3 is 14.7 Å². The minimum atomic E-state index is -0.425. The van der Waals surface area contributed by atoms with Crippen molar-refractivity contribution in [1.29, 1.82) is 0 Å². The molecule has 6 rings (SSSR count). The highest BCUT2D eigenvalue weighted by Crippen LogP contribution is 2.60. The minimum absolute atomic E-state index is 0.387. The summed E-state index contributed by atoms with van der Waals surface area (Å²) in [6.45, 7) is 5.45. The Labute approximate surface area is 189 Å². The van der Waals surface area contributed by atoms with Crippen molar-refractivity contribution in [1.82, 2.24) is 4.90 Å². The van der Waals surface area contributed by atoms with Crippen LogP contribution in [0, 0.1) is 23.7 Å². The lowest BCUT2D eigenvalue weighted by atomic mass is 9.48. The third kappa shape index (κ3) is 4.98. The Morgan fingerprint density at radius 1 is 0.968 bits per heavy atom. The summed E-state index contributed by atoms with van der Waals surface area (Å²) >= 11 is 0. The van der Waals surface area contributed by atoms with Gasteiger partial charge in [0, 0.05) is 13.1 Å². The lowest BCUT2D eigenvalue weighted by Gasteiger charge is -2.57. The Hall–Kier alpha value is -1.06. The SMILES string of the molecule is CCN(CC(O)COc1ccc(C23CC4CC(CC(C4)C2)C3)cc1)CC1CCCCC1. The number of hydrogen-bond donors (Lipinski definition) is 1. The fourth-order valence-electron chi connectivity index (χ4n) is 7.98. The molecule has 1 N–H and O–H groups in total. The molecule has 0 aromatic heterocycles. The van der Waals surface area contributed by atoms with Gasteiger partial charge in [0.2, 0.25) is 0 Å². The van der Waals surface area contributed by atoms with E-state index in [1.54, 1.807) is 5.56 Å². The highest BCUT2D eigenvalue weighted by molar-refractivity contribution is 5.34. The average molecular weight is 426 g/mol. The van der Waals surface area contributed by atoms with Crippen molar-refractivity contribution in [2.75, 3.05) is 26.2 Å². The minimum Gasteiger partial charge on any atom is -0.491 e. The standard InChI is InChI=1S/C28H43NO2/c1-2-29(18-21-6-4-3-5-7-21)19-26(30)20-31-27-10-8-25(9-11-27)28-15-22-12-23(16-28)14-24(13-22)17-28/h8-11,21-24,26,30H,2-7,12-20H2,1H3. The maximum absolute atomic E-state index is 10.6. The zero-order valence-electron chi connectivity index (χ0n) is 19.6. The molecule has 1 atom stereocenters. The first kappa shape index (κ1) is 21.8. The number of rotatable bonds is 9. The van der Waals surface area contributed by atoms with Gasteiger partial charge in [-0.15, -0.1) is 0 Å². The smallest absolute Gasteiger partial charge is 0.119 e. The van der Waals surface area contributed by atoms with Crippen LogP contribution in [0.25, 0.3) is 0 Å². The van der Waals surface area contributed by atoms with E-state index < -0.39 is 6.10 Å². The van der Waals surface area contributed by atoms with Gasteiger partial charge in [0.25, 0.3) is 0 Å². The third-order valence-corrected chi connectivity index (χ3v) is 9.10. The first-order valence-electron chi connectivity index (χ1n) is 13.3. The van der Waals surface area contributed by atoms with E-state index in [2.05, 4.69) is 36.1 Å². The first-order valence-corrected chi connectivity index (χ1v) is 13.3. The van der Waals surface area contributed by atoms with E-state index in [0.717, 1.165) is 49.1 Å². The molecule has 4 bridgehead atoms. The normalized spacial score (nSPS) is 33.7. The van der Waals surface area contributed by atoms with E-state index in [1.807, 2.05) is 0 Å². The molecule has 1 unspecified atom stereocenters. The molecule has 0 heterocycles. The second-order valence-electron chi connectivity index (χ2n) is 11.5. The van der Waals surface area contributed by atoms with Crippen molar-refractivity contribution in [2.45, 2.75) is 89.1 Å². The highest BCUT2D eigenvalue weighted by atomic mass is 16.5. The summed E-state index contributed by atoms with van der Waals surface area (Å²) in [5.41, 5.74) is 2.00. The van der Waals surface area contributed by atoms with Crippen molar-refractivity contribution in [3.63, 3.8) is 0 Å². The van der Waals surface area contributed by atoms with Gasteiger partial charge in [0.15, 0.2) is 0 Å². The summed E-state index contributed by atoms with van der Waals surface area (Å²) in [6.07, 6.45) is 15.2. The van der Waals surface area contributed by atoms with Crippen molar-refractivity contribution in [3.05, 3.63) is 29.8 Å². The number of aliphatic hydroxyl groups is 1. The molecular weight excluding hydrogens is 382 g/mol. The predicted molar refractivity (Wildman–Crippen MR) is 126 cm³/mol. The van der Waals surface area contributed by atoms with Crippen LogP contribution < -0.4 is 4.74 Å². The van der Waals surface area contributed by atoms with E-state index in [9.17, 15) is 5.11 Å². The number of nitrogens with zero attached hydrogens (tertiary/aromatic N) is 1. The molecule has 1 aromatic carbocycles. The molecule has 5 aliphatic rings. The maximum Gasteiger partial charge on any atom is 0.119 e. The van der Waals surface area contributed by atoms with Crippen LogP contribution in [0.5, 0.6) is 5.75 Å². The topological polar surface area (TPSA) is 32.7 Å². The zero-order valence-corrected chi connectivity index (χ0v) is 19.6. The van der Waals surface area contributed by atoms with Crippen LogP contribution in [0.1, 0.15) is 83.1 Å². The van der Waals surface area contributed by atoms with Gasteiger partial charge in [-0.3, -0.25) is 0 Å². The number of aliphatic hydroxyl groups excluding tert-OH is 1. The summed E-state index contributed by atoms with van der Waals surface area (Å²) in [7, 11) is 0. The average Bonchev–Trinajstić information content (AvgIpc) is 2.77. The van der Waals surface area contributed by atoms with Crippen molar-refractivity contribution < 1.29 is 9.84 Å². The van der Waals surface area contributed by atoms with Crippen LogP contribution in [-0.4, -0.2) is 42.4 Å². The maximum atomic E-state index is 10.6. The molecule has 0 aliphatic heterocycles. The second-order valence-corrected chi connectivity index (χ2v) is 11.5. The first-order chi connectivity index (χ1) is 15.1. The Balaban J connectivity index is 1.12. The summed E-state index contributed by atoms with van der Waals surface area (Å²) in [5, 5.41) is 10.6. The molecule has 0 saturated heterocycles. The molecule has 0 radical (unpaired) electrons. The Bertz CT molecular complexity index is 673. The summed E-state index contributed by atoms with van der Waals surface area (Å²) in [6, 6.07) is 8.97. The van der Waals surface area contributed by atoms with Gasteiger partial charge in [-0.1, -0.05) is 38.3 Å². The predicted octanol–water partition coefficient (Wildman–Crippen LogP) is 5.80. The molecule has 0 amide bonds. The number of likely N-dealkylation sites (N-methyl/N-ethyl adjacent to an activating group) is 1. The van der Waals surface area contributed by atoms with E-state index in [-0.39, 0.29) is 0 Å². The monoisotopic (exact) mass is 425 g/mol. The molecule has 0 spiro atoms. The summed E-state index contributed by atoms with van der Waals surface area (Å²) in [4.78, 5) is 2.42. The Kier molecular flexibility index (Phi) is 6.62. The number of hydrogen-bond acceptors (Lipinski definition) is 3. The Morgan fingerprint density at radius 2 is 1.58 bits per heavy atom. The van der Waals surface area contributed by atoms with Gasteiger partial charge in [0.05, 0.1) is 0 Å². The van der Waals surface area contributed by atoms with Crippen molar-refractivity contribution in [3.8, 4) is 5.75 Å². The zero-order chi connectivity index (χ0) is 21.3.